The van der Waals surface area contributed by atoms with Crippen molar-refractivity contribution in [3.63, 3.8) is 0 Å². The monoisotopic (exact) mass is 235 g/mol. The normalized spacial score (nSPS) is 20.4. The second-order valence-electron chi connectivity index (χ2n) is 4.54. The van der Waals surface area contributed by atoms with Gasteiger partial charge in [0.2, 0.25) is 0 Å². The van der Waals surface area contributed by atoms with Gasteiger partial charge in [0.1, 0.15) is 5.82 Å². The molecule has 1 aromatic rings. The number of hydrogen-bond donors (Lipinski definition) is 0. The van der Waals surface area contributed by atoms with Gasteiger partial charge in [-0.05, 0) is 37.8 Å². The van der Waals surface area contributed by atoms with Crippen LogP contribution < -0.4 is 4.90 Å². The van der Waals surface area contributed by atoms with E-state index in [2.05, 4.69) is 11.8 Å². The number of nitrogens with zero attached hydrogens (tertiary/aromatic N) is 1. The zero-order chi connectivity index (χ0) is 12.3. The Bertz CT molecular complexity index is 405. The Labute approximate surface area is 101 Å². The molecule has 0 saturated carbocycles. The third-order valence-electron chi connectivity index (χ3n) is 3.56. The molecule has 1 saturated heterocycles. The Morgan fingerprint density at radius 2 is 2.29 bits per heavy atom. The molecule has 17 heavy (non-hydrogen) atoms. The van der Waals surface area contributed by atoms with E-state index in [4.69, 9.17) is 0 Å². The summed E-state index contributed by atoms with van der Waals surface area (Å²) in [7, 11) is 0. The van der Waals surface area contributed by atoms with Crippen molar-refractivity contribution in [2.75, 3.05) is 11.4 Å². The topological polar surface area (TPSA) is 20.3 Å². The van der Waals surface area contributed by atoms with E-state index in [0.29, 0.717) is 12.3 Å². The average molecular weight is 235 g/mol. The standard InChI is InChI=1S/C14H18FNO/c1-2-11-6-3-4-9-16(11)14-8-5-7-13(15)12(14)10-17/h5,7-8,10-11H,2-4,6,9H2,1H3. The lowest BCUT2D eigenvalue weighted by atomic mass is 9.98. The quantitative estimate of drug-likeness (QED) is 0.748. The predicted molar refractivity (Wildman–Crippen MR) is 67.1 cm³/mol. The first-order chi connectivity index (χ1) is 8.27. The van der Waals surface area contributed by atoms with Gasteiger partial charge >= 0.3 is 0 Å². The Kier molecular flexibility index (Phi) is 3.77. The highest BCUT2D eigenvalue weighted by atomic mass is 19.1. The molecule has 1 fully saturated rings. The highest BCUT2D eigenvalue weighted by molar-refractivity contribution is 5.85. The molecule has 0 spiro atoms. The molecule has 1 aliphatic heterocycles. The lowest BCUT2D eigenvalue weighted by Crippen LogP contribution is -2.39. The van der Waals surface area contributed by atoms with Crippen LogP contribution in [0.15, 0.2) is 18.2 Å². The molecule has 1 atom stereocenters. The van der Waals surface area contributed by atoms with Crippen LogP contribution in [-0.2, 0) is 0 Å². The molecular formula is C14H18FNO. The number of anilines is 1. The zero-order valence-corrected chi connectivity index (χ0v) is 10.2. The van der Waals surface area contributed by atoms with Crippen molar-refractivity contribution in [2.24, 2.45) is 0 Å². The van der Waals surface area contributed by atoms with Crippen molar-refractivity contribution >= 4 is 12.0 Å². The lowest BCUT2D eigenvalue weighted by Gasteiger charge is -2.37. The molecule has 0 N–H and O–H groups in total. The van der Waals surface area contributed by atoms with Gasteiger partial charge in [0.25, 0.3) is 0 Å². The molecule has 0 aliphatic carbocycles. The highest BCUT2D eigenvalue weighted by Crippen LogP contribution is 2.29. The van der Waals surface area contributed by atoms with Gasteiger partial charge in [-0.15, -0.1) is 0 Å². The first-order valence-corrected chi connectivity index (χ1v) is 6.28. The molecule has 92 valence electrons. The van der Waals surface area contributed by atoms with E-state index in [0.717, 1.165) is 31.5 Å². The maximum atomic E-state index is 13.6. The molecule has 0 radical (unpaired) electrons. The Balaban J connectivity index is 2.37. The van der Waals surface area contributed by atoms with Crippen molar-refractivity contribution in [3.8, 4) is 0 Å². The molecule has 1 aliphatic rings. The Morgan fingerprint density at radius 1 is 1.47 bits per heavy atom. The van der Waals surface area contributed by atoms with Gasteiger partial charge in [-0.25, -0.2) is 4.39 Å². The van der Waals surface area contributed by atoms with E-state index in [1.807, 2.05) is 6.07 Å². The fourth-order valence-electron chi connectivity index (χ4n) is 2.63. The van der Waals surface area contributed by atoms with Crippen LogP contribution in [0, 0.1) is 5.82 Å². The van der Waals surface area contributed by atoms with Crippen LogP contribution in [0.25, 0.3) is 0 Å². The smallest absolute Gasteiger partial charge is 0.155 e. The number of carbonyl (C=O) groups is 1. The summed E-state index contributed by atoms with van der Waals surface area (Å²) in [6.45, 7) is 3.06. The summed E-state index contributed by atoms with van der Waals surface area (Å²) in [6, 6.07) is 5.31. The summed E-state index contributed by atoms with van der Waals surface area (Å²) < 4.78 is 13.6. The second-order valence-corrected chi connectivity index (χ2v) is 4.54. The van der Waals surface area contributed by atoms with Crippen molar-refractivity contribution in [3.05, 3.63) is 29.6 Å². The van der Waals surface area contributed by atoms with E-state index >= 15 is 0 Å². The summed E-state index contributed by atoms with van der Waals surface area (Å²) in [4.78, 5) is 13.2. The second kappa shape index (κ2) is 5.30. The molecule has 0 bridgehead atoms. The van der Waals surface area contributed by atoms with Gasteiger partial charge in [0.15, 0.2) is 6.29 Å². The highest BCUT2D eigenvalue weighted by Gasteiger charge is 2.23. The summed E-state index contributed by atoms with van der Waals surface area (Å²) in [6.07, 6.45) is 5.14. The summed E-state index contributed by atoms with van der Waals surface area (Å²) in [5.74, 6) is -0.419. The fourth-order valence-corrected chi connectivity index (χ4v) is 2.63. The van der Waals surface area contributed by atoms with Crippen LogP contribution in [0.5, 0.6) is 0 Å². The van der Waals surface area contributed by atoms with E-state index in [-0.39, 0.29) is 5.56 Å². The molecule has 0 amide bonds. The third kappa shape index (κ3) is 2.33. The lowest BCUT2D eigenvalue weighted by molar-refractivity contribution is 0.112. The maximum absolute atomic E-state index is 13.6. The number of rotatable bonds is 3. The number of benzene rings is 1. The Morgan fingerprint density at radius 3 is 3.00 bits per heavy atom. The van der Waals surface area contributed by atoms with Crippen LogP contribution in [0.4, 0.5) is 10.1 Å². The van der Waals surface area contributed by atoms with Crippen LogP contribution >= 0.6 is 0 Å². The molecule has 3 heteroatoms. The van der Waals surface area contributed by atoms with Crippen molar-refractivity contribution < 1.29 is 9.18 Å². The number of carbonyl (C=O) groups excluding carboxylic acids is 1. The van der Waals surface area contributed by atoms with Gasteiger partial charge in [-0.3, -0.25) is 4.79 Å². The largest absolute Gasteiger partial charge is 0.368 e. The van der Waals surface area contributed by atoms with Crippen molar-refractivity contribution in [2.45, 2.75) is 38.6 Å². The van der Waals surface area contributed by atoms with E-state index < -0.39 is 5.82 Å². The van der Waals surface area contributed by atoms with Crippen LogP contribution in [-0.4, -0.2) is 18.9 Å². The molecule has 2 nitrogen and oxygen atoms in total. The molecule has 2 rings (SSSR count). The molecule has 1 unspecified atom stereocenters. The summed E-state index contributed by atoms with van der Waals surface area (Å²) in [5.41, 5.74) is 0.958. The van der Waals surface area contributed by atoms with Crippen LogP contribution in [0.2, 0.25) is 0 Å². The maximum Gasteiger partial charge on any atom is 0.155 e. The van der Waals surface area contributed by atoms with Gasteiger partial charge in [0.05, 0.1) is 11.3 Å². The van der Waals surface area contributed by atoms with Gasteiger partial charge < -0.3 is 4.90 Å². The first-order valence-electron chi connectivity index (χ1n) is 6.28. The van der Waals surface area contributed by atoms with E-state index in [9.17, 15) is 9.18 Å². The average Bonchev–Trinajstić information content (AvgIpc) is 2.38. The zero-order valence-electron chi connectivity index (χ0n) is 10.2. The summed E-state index contributed by atoms with van der Waals surface area (Å²) in [5, 5.41) is 0. The van der Waals surface area contributed by atoms with Crippen LogP contribution in [0.1, 0.15) is 43.0 Å². The molecular weight excluding hydrogens is 217 g/mol. The first kappa shape index (κ1) is 12.1. The minimum absolute atomic E-state index is 0.202. The Hall–Kier alpha value is -1.38. The molecule has 1 heterocycles. The SMILES string of the molecule is CCC1CCCCN1c1cccc(F)c1C=O. The van der Waals surface area contributed by atoms with Crippen molar-refractivity contribution in [1.29, 1.82) is 0 Å². The predicted octanol–water partition coefficient (Wildman–Crippen LogP) is 3.41. The van der Waals surface area contributed by atoms with Gasteiger partial charge in [-0.2, -0.15) is 0 Å². The minimum Gasteiger partial charge on any atom is -0.368 e. The number of hydrogen-bond acceptors (Lipinski definition) is 2. The van der Waals surface area contributed by atoms with E-state index in [1.165, 1.54) is 12.5 Å². The van der Waals surface area contributed by atoms with Gasteiger partial charge in [-0.1, -0.05) is 13.0 Å². The fraction of sp³-hybridized carbons (Fsp3) is 0.500. The van der Waals surface area contributed by atoms with Gasteiger partial charge in [0, 0.05) is 12.6 Å². The van der Waals surface area contributed by atoms with E-state index in [1.54, 1.807) is 6.07 Å². The van der Waals surface area contributed by atoms with Crippen molar-refractivity contribution in [1.82, 2.24) is 0 Å². The molecule has 1 aromatic carbocycles. The third-order valence-corrected chi connectivity index (χ3v) is 3.56. The molecule has 0 aromatic heterocycles. The number of aldehydes is 1. The summed E-state index contributed by atoms with van der Waals surface area (Å²) >= 11 is 0. The number of halogens is 1. The van der Waals surface area contributed by atoms with Crippen LogP contribution in [0.3, 0.4) is 0 Å². The number of piperidine rings is 1. The minimum atomic E-state index is -0.419.